The Morgan fingerprint density at radius 2 is 1.24 bits per heavy atom. The standard InChI is InChI=1S/C40H24O/c1-2-9-26(10-3-1)39-30-12-5-4-11-27(30)24-36-34(39)20-19-25-17-18-28(23-35(25)36)29-21-22-38-40-32(29)14-8-15-33(40)31-13-6-7-16-37(31)41-38/h1-24H/i1D,2D,3D,9D,10D. The van der Waals surface area contributed by atoms with Gasteiger partial charge in [-0.05, 0) is 89.8 Å². The molecular formula is C40H24O. The molecule has 0 saturated heterocycles. The van der Waals surface area contributed by atoms with Crippen LogP contribution in [0, 0.1) is 0 Å². The highest BCUT2D eigenvalue weighted by Crippen LogP contribution is 2.49. The summed E-state index contributed by atoms with van der Waals surface area (Å²) in [5.41, 5.74) is 5.24. The predicted octanol–water partition coefficient (Wildman–Crippen LogP) is 11.4. The van der Waals surface area contributed by atoms with E-state index in [-0.39, 0.29) is 29.7 Å². The Hall–Kier alpha value is -5.40. The van der Waals surface area contributed by atoms with Crippen molar-refractivity contribution in [2.24, 2.45) is 0 Å². The molecule has 0 fully saturated rings. The molecule has 9 rings (SSSR count). The molecule has 1 aliphatic heterocycles. The molecule has 0 atom stereocenters. The van der Waals surface area contributed by atoms with Crippen LogP contribution in [0.5, 0.6) is 11.5 Å². The van der Waals surface area contributed by atoms with Crippen molar-refractivity contribution in [1.29, 1.82) is 0 Å². The lowest BCUT2D eigenvalue weighted by atomic mass is 9.88. The summed E-state index contributed by atoms with van der Waals surface area (Å²) in [7, 11) is 0. The maximum absolute atomic E-state index is 8.83. The molecule has 1 aliphatic rings. The number of benzene rings is 8. The maximum atomic E-state index is 8.83. The first kappa shape index (κ1) is 18.0. The van der Waals surface area contributed by atoms with Gasteiger partial charge in [0.25, 0.3) is 0 Å². The average Bonchev–Trinajstić information content (AvgIpc) is 3.09. The van der Waals surface area contributed by atoms with Crippen molar-refractivity contribution in [2.45, 2.75) is 0 Å². The summed E-state index contributed by atoms with van der Waals surface area (Å²) in [4.78, 5) is 0. The third-order valence-corrected chi connectivity index (χ3v) is 8.32. The van der Waals surface area contributed by atoms with E-state index >= 15 is 0 Å². The topological polar surface area (TPSA) is 9.23 Å². The van der Waals surface area contributed by atoms with Crippen molar-refractivity contribution in [3.8, 4) is 44.9 Å². The molecule has 41 heavy (non-hydrogen) atoms. The van der Waals surface area contributed by atoms with Crippen LogP contribution in [0.4, 0.5) is 0 Å². The van der Waals surface area contributed by atoms with Gasteiger partial charge in [0.2, 0.25) is 0 Å². The van der Waals surface area contributed by atoms with Crippen LogP contribution < -0.4 is 4.74 Å². The van der Waals surface area contributed by atoms with Gasteiger partial charge in [-0.2, -0.15) is 0 Å². The van der Waals surface area contributed by atoms with Crippen LogP contribution in [-0.2, 0) is 0 Å². The Kier molecular flexibility index (Phi) is 3.76. The molecule has 1 heteroatoms. The molecule has 1 heterocycles. The van der Waals surface area contributed by atoms with E-state index in [9.17, 15) is 0 Å². The Morgan fingerprint density at radius 1 is 0.439 bits per heavy atom. The van der Waals surface area contributed by atoms with E-state index in [0.29, 0.717) is 5.56 Å². The zero-order valence-electron chi connectivity index (χ0n) is 26.9. The van der Waals surface area contributed by atoms with Crippen LogP contribution in [-0.4, -0.2) is 0 Å². The SMILES string of the molecule is [2H]c1c([2H])c([2H])c(-c2c3ccccc3cc3c2ccc2ccc(-c4ccc5c6c(cccc46)-c4ccccc4O5)cc23)c([2H])c1[2H]. The molecule has 0 spiro atoms. The number of hydrogen-bond acceptors (Lipinski definition) is 1. The molecule has 0 bridgehead atoms. The summed E-state index contributed by atoms with van der Waals surface area (Å²) in [6.45, 7) is 0. The highest BCUT2D eigenvalue weighted by Gasteiger charge is 2.21. The van der Waals surface area contributed by atoms with E-state index < -0.39 is 6.04 Å². The number of para-hydroxylation sites is 1. The quantitative estimate of drug-likeness (QED) is 0.161. The first-order valence-electron chi connectivity index (χ1n) is 16.2. The molecule has 190 valence electrons. The van der Waals surface area contributed by atoms with Gasteiger partial charge in [-0.3, -0.25) is 0 Å². The van der Waals surface area contributed by atoms with Crippen LogP contribution >= 0.6 is 0 Å². The van der Waals surface area contributed by atoms with Gasteiger partial charge in [0.15, 0.2) is 0 Å². The molecule has 0 unspecified atom stereocenters. The van der Waals surface area contributed by atoms with Gasteiger partial charge in [0.1, 0.15) is 11.5 Å². The van der Waals surface area contributed by atoms with Crippen molar-refractivity contribution < 1.29 is 11.6 Å². The van der Waals surface area contributed by atoms with Crippen LogP contribution in [0.15, 0.2) is 145 Å². The van der Waals surface area contributed by atoms with Gasteiger partial charge in [-0.25, -0.2) is 0 Å². The molecule has 0 radical (unpaired) electrons. The van der Waals surface area contributed by atoms with E-state index in [0.717, 1.165) is 76.8 Å². The lowest BCUT2D eigenvalue weighted by molar-refractivity contribution is 0.487. The zero-order valence-corrected chi connectivity index (χ0v) is 21.9. The molecule has 0 aliphatic carbocycles. The molecule has 0 amide bonds. The van der Waals surface area contributed by atoms with Crippen molar-refractivity contribution >= 4 is 43.1 Å². The van der Waals surface area contributed by atoms with Gasteiger partial charge in [-0.1, -0.05) is 121 Å². The van der Waals surface area contributed by atoms with Gasteiger partial charge in [-0.15, -0.1) is 0 Å². The minimum Gasteiger partial charge on any atom is -0.456 e. The summed E-state index contributed by atoms with van der Waals surface area (Å²) in [6, 6.07) is 37.8. The number of ether oxygens (including phenoxy) is 1. The Labute approximate surface area is 244 Å². The Balaban J connectivity index is 1.35. The van der Waals surface area contributed by atoms with Crippen LogP contribution in [0.25, 0.3) is 76.5 Å². The van der Waals surface area contributed by atoms with E-state index in [1.165, 1.54) is 0 Å². The van der Waals surface area contributed by atoms with Gasteiger partial charge < -0.3 is 4.74 Å². The molecule has 0 saturated carbocycles. The first-order chi connectivity index (χ1) is 22.4. The number of hydrogen-bond donors (Lipinski definition) is 0. The van der Waals surface area contributed by atoms with E-state index in [4.69, 9.17) is 11.6 Å². The smallest absolute Gasteiger partial charge is 0.135 e. The summed E-state index contributed by atoms with van der Waals surface area (Å²) in [5, 5.41) is 7.85. The van der Waals surface area contributed by atoms with Gasteiger partial charge >= 0.3 is 0 Å². The van der Waals surface area contributed by atoms with Crippen LogP contribution in [0.3, 0.4) is 0 Å². The second kappa shape index (κ2) is 8.55. The van der Waals surface area contributed by atoms with Crippen molar-refractivity contribution in [2.75, 3.05) is 0 Å². The molecule has 8 aromatic carbocycles. The maximum Gasteiger partial charge on any atom is 0.135 e. The predicted molar refractivity (Wildman–Crippen MR) is 173 cm³/mol. The molecule has 0 aromatic heterocycles. The lowest BCUT2D eigenvalue weighted by Crippen LogP contribution is -1.97. The summed E-state index contributed by atoms with van der Waals surface area (Å²) < 4.78 is 49.0. The number of fused-ring (bicyclic) bond motifs is 6. The largest absolute Gasteiger partial charge is 0.456 e. The normalized spacial score (nSPS) is 13.8. The monoisotopic (exact) mass is 525 g/mol. The first-order valence-corrected chi connectivity index (χ1v) is 13.7. The minimum atomic E-state index is -0.395. The fraction of sp³-hybridized carbons (Fsp3) is 0. The Bertz CT molecular complexity index is 2600. The molecular weight excluding hydrogens is 496 g/mol. The van der Waals surface area contributed by atoms with Crippen LogP contribution in [0.1, 0.15) is 6.85 Å². The fourth-order valence-electron chi connectivity index (χ4n) is 6.51. The average molecular weight is 526 g/mol. The van der Waals surface area contributed by atoms with Crippen molar-refractivity contribution in [1.82, 2.24) is 0 Å². The zero-order chi connectivity index (χ0) is 31.3. The fourth-order valence-corrected chi connectivity index (χ4v) is 6.51. The third-order valence-electron chi connectivity index (χ3n) is 8.32. The third kappa shape index (κ3) is 3.30. The van der Waals surface area contributed by atoms with Gasteiger partial charge in [0, 0.05) is 10.9 Å². The second-order valence-electron chi connectivity index (χ2n) is 10.5. The number of rotatable bonds is 2. The molecule has 8 aromatic rings. The van der Waals surface area contributed by atoms with E-state index in [1.54, 1.807) is 0 Å². The van der Waals surface area contributed by atoms with Crippen LogP contribution in [0.2, 0.25) is 0 Å². The summed E-state index contributed by atoms with van der Waals surface area (Å²) in [6.07, 6.45) is 0. The Morgan fingerprint density at radius 3 is 2.20 bits per heavy atom. The second-order valence-corrected chi connectivity index (χ2v) is 10.5. The summed E-state index contributed by atoms with van der Waals surface area (Å²) in [5.74, 6) is 1.70. The summed E-state index contributed by atoms with van der Waals surface area (Å²) >= 11 is 0. The highest BCUT2D eigenvalue weighted by atomic mass is 16.5. The van der Waals surface area contributed by atoms with Gasteiger partial charge in [0.05, 0.1) is 6.85 Å². The lowest BCUT2D eigenvalue weighted by Gasteiger charge is -2.22. The van der Waals surface area contributed by atoms with E-state index in [2.05, 4.69) is 66.7 Å². The van der Waals surface area contributed by atoms with Crippen molar-refractivity contribution in [3.63, 3.8) is 0 Å². The molecule has 0 N–H and O–H groups in total. The molecule has 1 nitrogen and oxygen atoms in total. The van der Waals surface area contributed by atoms with E-state index in [1.807, 2.05) is 48.5 Å². The van der Waals surface area contributed by atoms with Crippen molar-refractivity contribution in [3.05, 3.63) is 145 Å². The minimum absolute atomic E-state index is 0.204. The highest BCUT2D eigenvalue weighted by molar-refractivity contribution is 6.21.